The zero-order valence-electron chi connectivity index (χ0n) is 8.59. The van der Waals surface area contributed by atoms with Crippen LogP contribution >= 0.6 is 15.9 Å². The van der Waals surface area contributed by atoms with Crippen molar-refractivity contribution in [1.82, 2.24) is 0 Å². The van der Waals surface area contributed by atoms with E-state index in [4.69, 9.17) is 6.57 Å². The molecule has 1 aromatic carbocycles. The Hall–Kier alpha value is -1.14. The van der Waals surface area contributed by atoms with Crippen molar-refractivity contribution in [3.63, 3.8) is 0 Å². The van der Waals surface area contributed by atoms with Gasteiger partial charge < -0.3 is 0 Å². The number of rotatable bonds is 4. The fraction of sp³-hybridized carbons (Fsp3) is 0.333. The molecule has 0 radical (unpaired) electrons. The number of aryl methyl sites for hydroxylation is 1. The van der Waals surface area contributed by atoms with E-state index in [9.17, 15) is 4.79 Å². The summed E-state index contributed by atoms with van der Waals surface area (Å²) in [6.45, 7) is 8.81. The maximum Gasteiger partial charge on any atom is 0.190 e. The number of hydrogen-bond donors (Lipinski definition) is 0. The van der Waals surface area contributed by atoms with Gasteiger partial charge in [-0.3, -0.25) is 4.79 Å². The van der Waals surface area contributed by atoms with Crippen molar-refractivity contribution >= 4 is 27.4 Å². The Balaban J connectivity index is 2.76. The summed E-state index contributed by atoms with van der Waals surface area (Å²) in [5.74, 6) is 0.224. The number of Topliss-reactive ketones (excluding diaryl/α,β-unsaturated/α-hetero) is 1. The van der Waals surface area contributed by atoms with Gasteiger partial charge in [-0.1, -0.05) is 34.1 Å². The van der Waals surface area contributed by atoms with Crippen LogP contribution in [0.5, 0.6) is 0 Å². The highest BCUT2D eigenvalue weighted by molar-refractivity contribution is 9.09. The van der Waals surface area contributed by atoms with Crippen LogP contribution in [0, 0.1) is 13.5 Å². The largest absolute Gasteiger partial charge is 0.299 e. The highest BCUT2D eigenvalue weighted by Gasteiger charge is 2.04. The summed E-state index contributed by atoms with van der Waals surface area (Å²) in [5, 5.41) is 0.713. The summed E-state index contributed by atoms with van der Waals surface area (Å²) < 4.78 is 0. The minimum atomic E-state index is 0.224. The van der Waals surface area contributed by atoms with Crippen molar-refractivity contribution in [2.24, 2.45) is 0 Å². The number of alkyl halides is 1. The minimum absolute atomic E-state index is 0.224. The average molecular weight is 266 g/mol. The molecule has 0 amide bonds. The Kier molecular flexibility index (Phi) is 4.51. The van der Waals surface area contributed by atoms with E-state index in [2.05, 4.69) is 20.8 Å². The molecule has 15 heavy (non-hydrogen) atoms. The summed E-state index contributed by atoms with van der Waals surface area (Å²) >= 11 is 3.24. The Morgan fingerprint density at radius 3 is 2.80 bits per heavy atom. The van der Waals surface area contributed by atoms with Gasteiger partial charge in [-0.05, 0) is 18.1 Å². The maximum absolute atomic E-state index is 11.4. The molecule has 0 aliphatic carbocycles. The van der Waals surface area contributed by atoms with Crippen molar-refractivity contribution in [2.75, 3.05) is 5.33 Å². The molecule has 0 heterocycles. The van der Waals surface area contributed by atoms with Crippen LogP contribution in [0.3, 0.4) is 0 Å². The van der Waals surface area contributed by atoms with Crippen LogP contribution in [0.4, 0.5) is 5.69 Å². The van der Waals surface area contributed by atoms with E-state index in [1.54, 1.807) is 6.07 Å². The molecule has 3 heteroatoms. The molecule has 0 aromatic heterocycles. The van der Waals surface area contributed by atoms with E-state index in [0.29, 0.717) is 23.9 Å². The van der Waals surface area contributed by atoms with E-state index in [1.807, 2.05) is 19.1 Å². The number of ketones is 1. The zero-order valence-corrected chi connectivity index (χ0v) is 10.2. The van der Waals surface area contributed by atoms with Crippen LogP contribution < -0.4 is 0 Å². The third-order valence-electron chi connectivity index (χ3n) is 2.16. The van der Waals surface area contributed by atoms with Crippen molar-refractivity contribution in [1.29, 1.82) is 0 Å². The van der Waals surface area contributed by atoms with Crippen LogP contribution in [0.1, 0.15) is 17.5 Å². The fourth-order valence-corrected chi connectivity index (χ4v) is 1.82. The molecule has 0 aliphatic rings. The van der Waals surface area contributed by atoms with Crippen molar-refractivity contribution in [3.8, 4) is 0 Å². The van der Waals surface area contributed by atoms with Crippen LogP contribution in [-0.2, 0) is 11.2 Å². The second kappa shape index (κ2) is 5.67. The Morgan fingerprint density at radius 1 is 1.53 bits per heavy atom. The lowest BCUT2D eigenvalue weighted by Crippen LogP contribution is -2.02. The summed E-state index contributed by atoms with van der Waals surface area (Å²) in [5.41, 5.74) is 2.59. The predicted molar refractivity (Wildman–Crippen MR) is 64.6 cm³/mol. The molecule has 0 spiro atoms. The van der Waals surface area contributed by atoms with Gasteiger partial charge in [0, 0.05) is 18.2 Å². The lowest BCUT2D eigenvalue weighted by Gasteiger charge is -2.02. The molecule has 0 atom stereocenters. The SMILES string of the molecule is [C-]#[N+]c1ccc(CC(=O)CCBr)cc1C. The topological polar surface area (TPSA) is 21.4 Å². The third-order valence-corrected chi connectivity index (χ3v) is 2.55. The van der Waals surface area contributed by atoms with Crippen molar-refractivity contribution < 1.29 is 4.79 Å². The first-order chi connectivity index (χ1) is 7.17. The number of halogens is 1. The van der Waals surface area contributed by atoms with Gasteiger partial charge in [-0.25, -0.2) is 4.85 Å². The second-order valence-electron chi connectivity index (χ2n) is 3.39. The number of carbonyl (C=O) groups excluding carboxylic acids is 1. The van der Waals surface area contributed by atoms with Crippen molar-refractivity contribution in [2.45, 2.75) is 19.8 Å². The molecule has 2 nitrogen and oxygen atoms in total. The van der Waals surface area contributed by atoms with Crippen LogP contribution in [-0.4, -0.2) is 11.1 Å². The van der Waals surface area contributed by atoms with E-state index in [1.165, 1.54) is 0 Å². The predicted octanol–water partition coefficient (Wildman–Crippen LogP) is 3.44. The highest BCUT2D eigenvalue weighted by Crippen LogP contribution is 2.19. The molecule has 78 valence electrons. The molecule has 0 aliphatic heterocycles. The van der Waals surface area contributed by atoms with Crippen molar-refractivity contribution in [3.05, 3.63) is 40.7 Å². The van der Waals surface area contributed by atoms with E-state index >= 15 is 0 Å². The molecule has 0 saturated carbocycles. The standard InChI is InChI=1S/C12H12BrNO/c1-9-7-10(3-4-12(9)14-2)8-11(15)5-6-13/h3-4,7H,5-6,8H2,1H3. The lowest BCUT2D eigenvalue weighted by atomic mass is 10.0. The smallest absolute Gasteiger partial charge is 0.190 e. The number of benzene rings is 1. The molecule has 0 bridgehead atoms. The van der Waals surface area contributed by atoms with Gasteiger partial charge in [0.05, 0.1) is 6.57 Å². The Labute approximate surface area is 98.3 Å². The van der Waals surface area contributed by atoms with Gasteiger partial charge >= 0.3 is 0 Å². The summed E-state index contributed by atoms with van der Waals surface area (Å²) in [6, 6.07) is 5.55. The summed E-state index contributed by atoms with van der Waals surface area (Å²) in [6.07, 6.45) is 1.02. The normalized spacial score (nSPS) is 9.67. The first kappa shape index (κ1) is 11.9. The first-order valence-electron chi connectivity index (χ1n) is 4.72. The monoisotopic (exact) mass is 265 g/mol. The first-order valence-corrected chi connectivity index (χ1v) is 5.84. The van der Waals surface area contributed by atoms with Crippen LogP contribution in [0.2, 0.25) is 0 Å². The van der Waals surface area contributed by atoms with Gasteiger partial charge in [0.25, 0.3) is 0 Å². The molecule has 1 rings (SSSR count). The van der Waals surface area contributed by atoms with E-state index in [0.717, 1.165) is 11.1 Å². The number of hydrogen-bond acceptors (Lipinski definition) is 1. The quantitative estimate of drug-likeness (QED) is 0.604. The highest BCUT2D eigenvalue weighted by atomic mass is 79.9. The average Bonchev–Trinajstić information content (AvgIpc) is 2.18. The molecular weight excluding hydrogens is 254 g/mol. The van der Waals surface area contributed by atoms with Gasteiger partial charge in [0.1, 0.15) is 5.78 Å². The Morgan fingerprint density at radius 2 is 2.27 bits per heavy atom. The maximum atomic E-state index is 11.4. The molecule has 1 aromatic rings. The minimum Gasteiger partial charge on any atom is -0.299 e. The lowest BCUT2D eigenvalue weighted by molar-refractivity contribution is -0.118. The fourth-order valence-electron chi connectivity index (χ4n) is 1.37. The number of nitrogens with zero attached hydrogens (tertiary/aromatic N) is 1. The molecule has 0 fully saturated rings. The van der Waals surface area contributed by atoms with Crippen LogP contribution in [0.15, 0.2) is 18.2 Å². The van der Waals surface area contributed by atoms with E-state index in [-0.39, 0.29) is 5.78 Å². The second-order valence-corrected chi connectivity index (χ2v) is 4.18. The summed E-state index contributed by atoms with van der Waals surface area (Å²) in [4.78, 5) is 14.8. The third kappa shape index (κ3) is 3.49. The molecular formula is C12H12BrNO. The van der Waals surface area contributed by atoms with Gasteiger partial charge in [0.2, 0.25) is 0 Å². The summed E-state index contributed by atoms with van der Waals surface area (Å²) in [7, 11) is 0. The molecule has 0 N–H and O–H groups in total. The molecule has 0 unspecified atom stereocenters. The molecule has 0 saturated heterocycles. The Bertz CT molecular complexity index is 407. The van der Waals surface area contributed by atoms with Crippen LogP contribution in [0.25, 0.3) is 4.85 Å². The zero-order chi connectivity index (χ0) is 11.3. The number of carbonyl (C=O) groups is 1. The van der Waals surface area contributed by atoms with Gasteiger partial charge in [-0.15, -0.1) is 0 Å². The van der Waals surface area contributed by atoms with Gasteiger partial charge in [0.15, 0.2) is 5.69 Å². The van der Waals surface area contributed by atoms with E-state index < -0.39 is 0 Å². The van der Waals surface area contributed by atoms with Gasteiger partial charge in [-0.2, -0.15) is 0 Å².